The van der Waals surface area contributed by atoms with E-state index in [1.165, 1.54) is 17.7 Å². The molecule has 6 nitrogen and oxygen atoms in total. The first-order valence-electron chi connectivity index (χ1n) is 13.3. The molecule has 1 fully saturated rings. The van der Waals surface area contributed by atoms with E-state index in [2.05, 4.69) is 23.5 Å². The lowest BCUT2D eigenvalue weighted by molar-refractivity contribution is -0.134. The Labute approximate surface area is 226 Å². The maximum atomic E-state index is 13.2. The van der Waals surface area contributed by atoms with Crippen molar-refractivity contribution in [3.05, 3.63) is 125 Å². The Kier molecular flexibility index (Phi) is 6.88. The number of fused-ring (bicyclic) bond motifs is 1. The van der Waals surface area contributed by atoms with E-state index in [9.17, 15) is 14.0 Å². The van der Waals surface area contributed by atoms with Gasteiger partial charge in [-0.1, -0.05) is 48.5 Å². The van der Waals surface area contributed by atoms with Crippen molar-refractivity contribution in [3.8, 4) is 5.75 Å². The van der Waals surface area contributed by atoms with Crippen LogP contribution < -0.4 is 10.1 Å². The van der Waals surface area contributed by atoms with Gasteiger partial charge in [-0.2, -0.15) is 0 Å². The zero-order chi connectivity index (χ0) is 26.8. The summed E-state index contributed by atoms with van der Waals surface area (Å²) in [5.74, 6) is 1.09. The predicted molar refractivity (Wildman–Crippen MR) is 143 cm³/mol. The van der Waals surface area contributed by atoms with E-state index in [1.54, 1.807) is 24.3 Å². The summed E-state index contributed by atoms with van der Waals surface area (Å²) in [6.45, 7) is 1.13. The fourth-order valence-corrected chi connectivity index (χ4v) is 5.08. The number of furan rings is 1. The Bertz CT molecular complexity index is 1480. The third-order valence-electron chi connectivity index (χ3n) is 7.30. The summed E-state index contributed by atoms with van der Waals surface area (Å²) in [7, 11) is 0. The highest BCUT2D eigenvalue weighted by atomic mass is 19.1. The molecule has 4 aromatic rings. The van der Waals surface area contributed by atoms with Crippen LogP contribution in [0.4, 0.5) is 4.39 Å². The highest BCUT2D eigenvalue weighted by Crippen LogP contribution is 2.41. The van der Waals surface area contributed by atoms with Gasteiger partial charge in [0.05, 0.1) is 6.04 Å². The number of halogens is 1. The average Bonchev–Trinajstić information content (AvgIpc) is 3.72. The first-order valence-corrected chi connectivity index (χ1v) is 13.3. The van der Waals surface area contributed by atoms with Gasteiger partial charge in [0.25, 0.3) is 5.91 Å². The minimum Gasteiger partial charge on any atom is -0.486 e. The van der Waals surface area contributed by atoms with Crippen molar-refractivity contribution >= 4 is 11.8 Å². The molecule has 0 saturated heterocycles. The van der Waals surface area contributed by atoms with Crippen molar-refractivity contribution in [2.75, 3.05) is 6.54 Å². The molecule has 0 spiro atoms. The summed E-state index contributed by atoms with van der Waals surface area (Å²) >= 11 is 0. The molecular weight excluding hydrogens is 495 g/mol. The summed E-state index contributed by atoms with van der Waals surface area (Å²) < 4.78 is 24.9. The van der Waals surface area contributed by atoms with Crippen LogP contribution in [0.3, 0.4) is 0 Å². The van der Waals surface area contributed by atoms with E-state index < -0.39 is 0 Å². The number of hydrogen-bond donors (Lipinski definition) is 1. The third kappa shape index (κ3) is 5.58. The van der Waals surface area contributed by atoms with Gasteiger partial charge in [0, 0.05) is 19.0 Å². The standard InChI is InChI=1S/C32H29FN2O4/c33-25-11-6-21(7-12-25)19-34-31(36)29-15-14-27(39-29)20-38-26-13-10-22-16-17-35(32(37)24-8-9-24)30(28(22)18-26)23-4-2-1-3-5-23/h1-7,10-15,18,24,30H,8-9,16-17,19-20H2,(H,34,36). The van der Waals surface area contributed by atoms with Crippen molar-refractivity contribution in [1.82, 2.24) is 10.2 Å². The Hall–Kier alpha value is -4.39. The molecule has 1 aliphatic carbocycles. The van der Waals surface area contributed by atoms with Crippen LogP contribution in [-0.2, 0) is 24.4 Å². The second kappa shape index (κ2) is 10.8. The predicted octanol–water partition coefficient (Wildman–Crippen LogP) is 5.81. The van der Waals surface area contributed by atoms with Gasteiger partial charge in [-0.15, -0.1) is 0 Å². The van der Waals surface area contributed by atoms with Crippen molar-refractivity contribution in [1.29, 1.82) is 0 Å². The van der Waals surface area contributed by atoms with Crippen LogP contribution in [0.2, 0.25) is 0 Å². The van der Waals surface area contributed by atoms with Crippen molar-refractivity contribution in [2.24, 2.45) is 5.92 Å². The van der Waals surface area contributed by atoms with Gasteiger partial charge < -0.3 is 19.4 Å². The lowest BCUT2D eigenvalue weighted by Crippen LogP contribution is -2.41. The molecule has 1 atom stereocenters. The van der Waals surface area contributed by atoms with Crippen LogP contribution in [0.15, 0.2) is 89.3 Å². The third-order valence-corrected chi connectivity index (χ3v) is 7.30. The first-order chi connectivity index (χ1) is 19.0. The molecule has 1 aliphatic heterocycles. The fourth-order valence-electron chi connectivity index (χ4n) is 5.08. The Morgan fingerprint density at radius 2 is 1.77 bits per heavy atom. The molecule has 198 valence electrons. The number of hydrogen-bond acceptors (Lipinski definition) is 4. The highest BCUT2D eigenvalue weighted by Gasteiger charge is 2.39. The van der Waals surface area contributed by atoms with Crippen LogP contribution in [0.1, 0.15) is 57.5 Å². The lowest BCUT2D eigenvalue weighted by atomic mass is 9.87. The molecule has 0 bridgehead atoms. The molecule has 1 saturated carbocycles. The number of rotatable bonds is 8. The van der Waals surface area contributed by atoms with Gasteiger partial charge in [-0.05, 0) is 77.9 Å². The Morgan fingerprint density at radius 1 is 0.974 bits per heavy atom. The van der Waals surface area contributed by atoms with Crippen molar-refractivity contribution < 1.29 is 23.1 Å². The van der Waals surface area contributed by atoms with E-state index in [-0.39, 0.29) is 48.5 Å². The molecule has 1 unspecified atom stereocenters. The summed E-state index contributed by atoms with van der Waals surface area (Å²) in [5.41, 5.74) is 4.18. The molecule has 2 heterocycles. The normalized spacial score (nSPS) is 16.4. The monoisotopic (exact) mass is 524 g/mol. The van der Waals surface area contributed by atoms with Gasteiger partial charge in [0.15, 0.2) is 5.76 Å². The largest absolute Gasteiger partial charge is 0.486 e. The number of nitrogens with zero attached hydrogens (tertiary/aromatic N) is 1. The first kappa shape index (κ1) is 24.9. The zero-order valence-electron chi connectivity index (χ0n) is 21.4. The van der Waals surface area contributed by atoms with Crippen LogP contribution >= 0.6 is 0 Å². The lowest BCUT2D eigenvalue weighted by Gasteiger charge is -2.38. The minimum atomic E-state index is -0.356. The quantitative estimate of drug-likeness (QED) is 0.316. The Balaban J connectivity index is 1.14. The second-order valence-corrected chi connectivity index (χ2v) is 10.1. The minimum absolute atomic E-state index is 0.147. The fraction of sp³-hybridized carbons (Fsp3) is 0.250. The number of benzene rings is 3. The number of nitrogens with one attached hydrogen (secondary N) is 1. The van der Waals surface area contributed by atoms with Crippen LogP contribution in [0.25, 0.3) is 0 Å². The van der Waals surface area contributed by atoms with E-state index >= 15 is 0 Å². The highest BCUT2D eigenvalue weighted by molar-refractivity contribution is 5.91. The second-order valence-electron chi connectivity index (χ2n) is 10.1. The van der Waals surface area contributed by atoms with Crippen LogP contribution in [0.5, 0.6) is 5.75 Å². The smallest absolute Gasteiger partial charge is 0.287 e. The topological polar surface area (TPSA) is 71.8 Å². The van der Waals surface area contributed by atoms with E-state index in [1.807, 2.05) is 35.2 Å². The van der Waals surface area contributed by atoms with Crippen LogP contribution in [-0.4, -0.2) is 23.3 Å². The van der Waals surface area contributed by atoms with E-state index in [4.69, 9.17) is 9.15 Å². The summed E-state index contributed by atoms with van der Waals surface area (Å²) in [6, 6.07) is 25.3. The molecule has 2 amide bonds. The van der Waals surface area contributed by atoms with Gasteiger partial charge >= 0.3 is 0 Å². The molecule has 1 N–H and O–H groups in total. The number of carbonyl (C=O) groups excluding carboxylic acids is 2. The molecular formula is C32H29FN2O4. The molecule has 1 aromatic heterocycles. The SMILES string of the molecule is O=C(NCc1ccc(F)cc1)c1ccc(COc2ccc3c(c2)C(c2ccccc2)N(C(=O)C2CC2)CC3)o1. The number of carbonyl (C=O) groups is 2. The molecule has 6 rings (SSSR count). The number of amides is 2. The zero-order valence-corrected chi connectivity index (χ0v) is 21.4. The molecule has 2 aliphatic rings. The van der Waals surface area contributed by atoms with E-state index in [0.717, 1.165) is 36.0 Å². The molecule has 3 aromatic carbocycles. The van der Waals surface area contributed by atoms with Crippen molar-refractivity contribution in [2.45, 2.75) is 38.5 Å². The van der Waals surface area contributed by atoms with Gasteiger partial charge in [-0.25, -0.2) is 4.39 Å². The number of ether oxygens (including phenoxy) is 1. The average molecular weight is 525 g/mol. The summed E-state index contributed by atoms with van der Waals surface area (Å²) in [5, 5.41) is 2.77. The molecule has 39 heavy (non-hydrogen) atoms. The van der Waals surface area contributed by atoms with Crippen LogP contribution in [0, 0.1) is 11.7 Å². The summed E-state index contributed by atoms with van der Waals surface area (Å²) in [4.78, 5) is 27.7. The summed E-state index contributed by atoms with van der Waals surface area (Å²) in [6.07, 6.45) is 2.76. The van der Waals surface area contributed by atoms with Gasteiger partial charge in [0.1, 0.15) is 23.9 Å². The van der Waals surface area contributed by atoms with E-state index in [0.29, 0.717) is 18.1 Å². The maximum absolute atomic E-state index is 13.2. The van der Waals surface area contributed by atoms with Gasteiger partial charge in [0.2, 0.25) is 5.91 Å². The molecule has 7 heteroatoms. The maximum Gasteiger partial charge on any atom is 0.287 e. The molecule has 0 radical (unpaired) electrons. The Morgan fingerprint density at radius 3 is 2.54 bits per heavy atom. The van der Waals surface area contributed by atoms with Crippen molar-refractivity contribution in [3.63, 3.8) is 0 Å². The van der Waals surface area contributed by atoms with Gasteiger partial charge in [-0.3, -0.25) is 9.59 Å².